The van der Waals surface area contributed by atoms with Gasteiger partial charge in [0, 0.05) is 11.8 Å². The molecular formula is C17H11Cl2N3O2. The third-order valence-corrected chi connectivity index (χ3v) is 3.95. The SMILES string of the molecule is O=C(Nc1ccc(Cl)c(Cl)c1)c1ccc(=O)n(-c2ccccc2)n1. The Morgan fingerprint density at radius 3 is 2.42 bits per heavy atom. The summed E-state index contributed by atoms with van der Waals surface area (Å²) in [7, 11) is 0. The van der Waals surface area contributed by atoms with Crippen LogP contribution in [0.25, 0.3) is 5.69 Å². The van der Waals surface area contributed by atoms with Gasteiger partial charge in [-0.05, 0) is 36.4 Å². The van der Waals surface area contributed by atoms with Crippen LogP contribution in [0.15, 0.2) is 65.5 Å². The average molecular weight is 360 g/mol. The number of para-hydroxylation sites is 1. The fourth-order valence-corrected chi connectivity index (χ4v) is 2.35. The molecule has 3 aromatic rings. The Kier molecular flexibility index (Phi) is 4.64. The number of aromatic nitrogens is 2. The maximum absolute atomic E-state index is 12.3. The third-order valence-electron chi connectivity index (χ3n) is 3.21. The van der Waals surface area contributed by atoms with Gasteiger partial charge < -0.3 is 5.32 Å². The molecule has 1 N–H and O–H groups in total. The molecule has 1 aromatic heterocycles. The summed E-state index contributed by atoms with van der Waals surface area (Å²) in [5.74, 6) is -0.460. The lowest BCUT2D eigenvalue weighted by Gasteiger charge is -2.08. The zero-order valence-electron chi connectivity index (χ0n) is 12.2. The van der Waals surface area contributed by atoms with Crippen LogP contribution in [0.3, 0.4) is 0 Å². The molecule has 0 spiro atoms. The molecule has 3 rings (SSSR count). The zero-order chi connectivity index (χ0) is 17.1. The van der Waals surface area contributed by atoms with Gasteiger partial charge in [0.05, 0.1) is 15.7 Å². The molecule has 0 aliphatic heterocycles. The second-order valence-corrected chi connectivity index (χ2v) is 5.70. The number of nitrogens with one attached hydrogen (secondary N) is 1. The molecule has 0 aliphatic rings. The summed E-state index contributed by atoms with van der Waals surface area (Å²) >= 11 is 11.8. The Bertz CT molecular complexity index is 956. The number of hydrogen-bond acceptors (Lipinski definition) is 3. The van der Waals surface area contributed by atoms with Gasteiger partial charge in [-0.2, -0.15) is 9.78 Å². The van der Waals surface area contributed by atoms with Crippen molar-refractivity contribution in [2.24, 2.45) is 0 Å². The largest absolute Gasteiger partial charge is 0.321 e. The molecule has 1 heterocycles. The first-order chi connectivity index (χ1) is 11.5. The lowest BCUT2D eigenvalue weighted by atomic mass is 10.3. The van der Waals surface area contributed by atoms with E-state index in [1.54, 1.807) is 36.4 Å². The van der Waals surface area contributed by atoms with E-state index in [0.29, 0.717) is 21.4 Å². The van der Waals surface area contributed by atoms with E-state index in [0.717, 1.165) is 0 Å². The van der Waals surface area contributed by atoms with E-state index in [1.165, 1.54) is 22.9 Å². The third kappa shape index (κ3) is 3.48. The van der Waals surface area contributed by atoms with Crippen molar-refractivity contribution in [3.8, 4) is 5.69 Å². The molecule has 0 bridgehead atoms. The minimum absolute atomic E-state index is 0.101. The van der Waals surface area contributed by atoms with E-state index in [4.69, 9.17) is 23.2 Å². The van der Waals surface area contributed by atoms with E-state index in [-0.39, 0.29) is 11.3 Å². The highest BCUT2D eigenvalue weighted by molar-refractivity contribution is 6.42. The minimum Gasteiger partial charge on any atom is -0.321 e. The summed E-state index contributed by atoms with van der Waals surface area (Å²) in [6.45, 7) is 0. The van der Waals surface area contributed by atoms with Gasteiger partial charge >= 0.3 is 0 Å². The van der Waals surface area contributed by atoms with Gasteiger partial charge in [0.15, 0.2) is 0 Å². The predicted octanol–water partition coefficient (Wildman–Crippen LogP) is 3.79. The maximum Gasteiger partial charge on any atom is 0.276 e. The molecular weight excluding hydrogens is 349 g/mol. The average Bonchev–Trinajstić information content (AvgIpc) is 2.59. The van der Waals surface area contributed by atoms with Crippen molar-refractivity contribution in [2.75, 3.05) is 5.32 Å². The number of rotatable bonds is 3. The van der Waals surface area contributed by atoms with Gasteiger partial charge in [-0.1, -0.05) is 41.4 Å². The summed E-state index contributed by atoms with van der Waals surface area (Å²) in [5, 5.41) is 7.50. The van der Waals surface area contributed by atoms with Crippen LogP contribution >= 0.6 is 23.2 Å². The molecule has 0 unspecified atom stereocenters. The second kappa shape index (κ2) is 6.86. The Morgan fingerprint density at radius 1 is 0.958 bits per heavy atom. The van der Waals surface area contributed by atoms with Gasteiger partial charge in [-0.15, -0.1) is 0 Å². The van der Waals surface area contributed by atoms with E-state index in [9.17, 15) is 9.59 Å². The maximum atomic E-state index is 12.3. The van der Waals surface area contributed by atoms with Crippen LogP contribution in [-0.4, -0.2) is 15.7 Å². The van der Waals surface area contributed by atoms with Crippen molar-refractivity contribution in [1.82, 2.24) is 9.78 Å². The monoisotopic (exact) mass is 359 g/mol. The number of amides is 1. The first-order valence-corrected chi connectivity index (χ1v) is 7.72. The van der Waals surface area contributed by atoms with Crippen LogP contribution in [0.1, 0.15) is 10.5 Å². The van der Waals surface area contributed by atoms with Gasteiger partial charge in [0.1, 0.15) is 5.69 Å². The minimum atomic E-state index is -0.460. The highest BCUT2D eigenvalue weighted by Crippen LogP contribution is 2.25. The van der Waals surface area contributed by atoms with Crippen molar-refractivity contribution >= 4 is 34.8 Å². The number of hydrogen-bond donors (Lipinski definition) is 1. The number of carbonyl (C=O) groups is 1. The fourth-order valence-electron chi connectivity index (χ4n) is 2.06. The van der Waals surface area contributed by atoms with Gasteiger partial charge in [-0.3, -0.25) is 9.59 Å². The van der Waals surface area contributed by atoms with E-state index >= 15 is 0 Å². The molecule has 0 radical (unpaired) electrons. The predicted molar refractivity (Wildman–Crippen MR) is 94.2 cm³/mol. The lowest BCUT2D eigenvalue weighted by molar-refractivity contribution is 0.102. The first kappa shape index (κ1) is 16.2. The van der Waals surface area contributed by atoms with E-state index in [2.05, 4.69) is 10.4 Å². The number of halogens is 2. The quantitative estimate of drug-likeness (QED) is 0.773. The molecule has 7 heteroatoms. The topological polar surface area (TPSA) is 64.0 Å². The summed E-state index contributed by atoms with van der Waals surface area (Å²) < 4.78 is 1.17. The highest BCUT2D eigenvalue weighted by Gasteiger charge is 2.11. The molecule has 0 saturated carbocycles. The smallest absolute Gasteiger partial charge is 0.276 e. The normalized spacial score (nSPS) is 10.4. The van der Waals surface area contributed by atoms with Crippen molar-refractivity contribution in [1.29, 1.82) is 0 Å². The van der Waals surface area contributed by atoms with Gasteiger partial charge in [0.25, 0.3) is 11.5 Å². The molecule has 0 saturated heterocycles. The molecule has 120 valence electrons. The molecule has 0 fully saturated rings. The lowest BCUT2D eigenvalue weighted by Crippen LogP contribution is -2.24. The molecule has 5 nitrogen and oxygen atoms in total. The Hall–Kier alpha value is -2.63. The Morgan fingerprint density at radius 2 is 1.71 bits per heavy atom. The van der Waals surface area contributed by atoms with Crippen LogP contribution in [0.2, 0.25) is 10.0 Å². The summed E-state index contributed by atoms with van der Waals surface area (Å²) in [6, 6.07) is 16.3. The highest BCUT2D eigenvalue weighted by atomic mass is 35.5. The molecule has 0 atom stereocenters. The van der Waals surface area contributed by atoms with Crippen molar-refractivity contribution < 1.29 is 4.79 Å². The summed E-state index contributed by atoms with van der Waals surface area (Å²) in [6.07, 6.45) is 0. The number of anilines is 1. The Balaban J connectivity index is 1.90. The van der Waals surface area contributed by atoms with Crippen LogP contribution in [-0.2, 0) is 0 Å². The zero-order valence-corrected chi connectivity index (χ0v) is 13.8. The number of nitrogens with zero attached hydrogens (tertiary/aromatic N) is 2. The number of benzene rings is 2. The first-order valence-electron chi connectivity index (χ1n) is 6.97. The van der Waals surface area contributed by atoms with Gasteiger partial charge in [-0.25, -0.2) is 0 Å². The fraction of sp³-hybridized carbons (Fsp3) is 0. The van der Waals surface area contributed by atoms with E-state index < -0.39 is 5.91 Å². The number of carbonyl (C=O) groups excluding carboxylic acids is 1. The van der Waals surface area contributed by atoms with Crippen LogP contribution in [0.5, 0.6) is 0 Å². The summed E-state index contributed by atoms with van der Waals surface area (Å²) in [5.41, 5.74) is 0.831. The summed E-state index contributed by atoms with van der Waals surface area (Å²) in [4.78, 5) is 24.3. The van der Waals surface area contributed by atoms with Crippen molar-refractivity contribution in [3.05, 3.63) is 86.8 Å². The Labute approximate surface area is 147 Å². The molecule has 0 aliphatic carbocycles. The molecule has 2 aromatic carbocycles. The van der Waals surface area contributed by atoms with Crippen molar-refractivity contribution in [3.63, 3.8) is 0 Å². The van der Waals surface area contributed by atoms with E-state index in [1.807, 2.05) is 6.07 Å². The van der Waals surface area contributed by atoms with Crippen LogP contribution in [0, 0.1) is 0 Å². The second-order valence-electron chi connectivity index (χ2n) is 4.89. The standard InChI is InChI=1S/C17H11Cl2N3O2/c18-13-7-6-11(10-14(13)19)20-17(24)15-8-9-16(23)22(21-15)12-4-2-1-3-5-12/h1-10H,(H,20,24). The van der Waals surface area contributed by atoms with Crippen LogP contribution in [0.4, 0.5) is 5.69 Å². The van der Waals surface area contributed by atoms with Gasteiger partial charge in [0.2, 0.25) is 0 Å². The molecule has 24 heavy (non-hydrogen) atoms. The van der Waals surface area contributed by atoms with Crippen molar-refractivity contribution in [2.45, 2.75) is 0 Å². The molecule has 1 amide bonds. The van der Waals surface area contributed by atoms with Crippen LogP contribution < -0.4 is 10.9 Å².